The molecule has 0 amide bonds. The van der Waals surface area contributed by atoms with Crippen LogP contribution in [-0.4, -0.2) is 78.5 Å². The molecule has 66 heavy (non-hydrogen) atoms. The summed E-state index contributed by atoms with van der Waals surface area (Å²) >= 11 is 0. The van der Waals surface area contributed by atoms with Crippen molar-refractivity contribution in [1.29, 1.82) is 0 Å². The summed E-state index contributed by atoms with van der Waals surface area (Å²) in [7, 11) is 0. The normalized spacial score (nSPS) is 47.0. The van der Waals surface area contributed by atoms with Gasteiger partial charge in [-0.2, -0.15) is 0 Å². The van der Waals surface area contributed by atoms with Gasteiger partial charge in [0.25, 0.3) is 0 Å². The number of aliphatic hydroxyl groups is 4. The lowest BCUT2D eigenvalue weighted by Crippen LogP contribution is -2.73. The number of aliphatic imine (C=N–C) groups is 1. The van der Waals surface area contributed by atoms with Crippen molar-refractivity contribution in [3.63, 3.8) is 0 Å². The Morgan fingerprint density at radius 3 is 2.45 bits per heavy atom. The number of fused-ring (bicyclic) bond motifs is 4. The minimum absolute atomic E-state index is 0.000205. The number of allylic oxidation sites excluding steroid dienone is 2. The lowest BCUT2D eigenvalue weighted by molar-refractivity contribution is -0.183. The number of nitrogens with two attached hydrogens (primary N) is 2. The first-order valence-corrected chi connectivity index (χ1v) is 24.0. The van der Waals surface area contributed by atoms with Gasteiger partial charge in [-0.3, -0.25) is 9.59 Å². The van der Waals surface area contributed by atoms with Gasteiger partial charge in [-0.25, -0.2) is 9.79 Å². The second kappa shape index (κ2) is 13.8. The molecule has 15 atom stereocenters. The Morgan fingerprint density at radius 1 is 0.955 bits per heavy atom. The molecule has 0 heterocycles. The number of carboxylic acids is 1. The van der Waals surface area contributed by atoms with Crippen LogP contribution in [0.5, 0.6) is 0 Å². The molecule has 12 aliphatic carbocycles. The van der Waals surface area contributed by atoms with E-state index in [1.165, 1.54) is 12.5 Å². The number of benzene rings is 1. The van der Waals surface area contributed by atoms with Gasteiger partial charge in [0.15, 0.2) is 17.5 Å². The molecule has 12 aliphatic rings. The van der Waals surface area contributed by atoms with Crippen molar-refractivity contribution in [3.8, 4) is 23.7 Å². The maximum atomic E-state index is 16.2. The highest BCUT2D eigenvalue weighted by atomic mass is 16.4. The number of aryl methyl sites for hydroxylation is 1. The summed E-state index contributed by atoms with van der Waals surface area (Å²) in [6.07, 6.45) is 11.3. The van der Waals surface area contributed by atoms with Crippen molar-refractivity contribution in [3.05, 3.63) is 87.6 Å². The number of guanidine groups is 1. The maximum Gasteiger partial charge on any atom is 0.331 e. The first-order chi connectivity index (χ1) is 31.2. The van der Waals surface area contributed by atoms with E-state index in [4.69, 9.17) is 16.5 Å². The molecule has 0 aliphatic heterocycles. The highest BCUT2D eigenvalue weighted by Gasteiger charge is 2.86. The average molecular weight is 892 g/mol. The first-order valence-electron chi connectivity index (χ1n) is 24.0. The van der Waals surface area contributed by atoms with Crippen LogP contribution in [0.1, 0.15) is 103 Å². The third-order valence-electron chi connectivity index (χ3n) is 19.9. The van der Waals surface area contributed by atoms with Crippen molar-refractivity contribution in [1.82, 2.24) is 0 Å². The number of nitrogens with zero attached hydrogens (tertiary/aromatic N) is 1. The van der Waals surface area contributed by atoms with Crippen molar-refractivity contribution in [2.24, 2.45) is 79.0 Å². The molecule has 0 saturated heterocycles. The van der Waals surface area contributed by atoms with Gasteiger partial charge >= 0.3 is 5.97 Å². The largest absolute Gasteiger partial charge is 0.478 e. The third kappa shape index (κ3) is 4.95. The molecule has 3 saturated carbocycles. The van der Waals surface area contributed by atoms with Crippen LogP contribution in [0.3, 0.4) is 0 Å². The summed E-state index contributed by atoms with van der Waals surface area (Å²) in [4.78, 5) is 48.9. The van der Waals surface area contributed by atoms with Crippen molar-refractivity contribution in [2.45, 2.75) is 121 Å². The Labute approximate surface area is 386 Å². The fourth-order valence-electron chi connectivity index (χ4n) is 17.8. The topological polar surface area (TPSA) is 217 Å². The second-order valence-corrected chi connectivity index (χ2v) is 22.5. The molecule has 0 radical (unpaired) electrons. The van der Waals surface area contributed by atoms with Gasteiger partial charge in [-0.05, 0) is 103 Å². The molecule has 2 spiro atoms. The van der Waals surface area contributed by atoms with Gasteiger partial charge in [0.2, 0.25) is 0 Å². The molecule has 1 aromatic rings. The van der Waals surface area contributed by atoms with E-state index in [2.05, 4.69) is 61.8 Å². The number of Topliss-reactive ketones (excluding diaryl/α,β-unsaturated/α-hetero) is 2. The van der Waals surface area contributed by atoms with Gasteiger partial charge in [0.05, 0.1) is 23.2 Å². The average Bonchev–Trinajstić information content (AvgIpc) is 3.42. The van der Waals surface area contributed by atoms with Gasteiger partial charge in [0, 0.05) is 76.9 Å². The summed E-state index contributed by atoms with van der Waals surface area (Å²) in [5.41, 5.74) is 6.31. The molecular weight excluding hydrogens is 831 g/mol. The molecule has 11 nitrogen and oxygen atoms in total. The van der Waals surface area contributed by atoms with Crippen LogP contribution < -0.4 is 11.5 Å². The van der Waals surface area contributed by atoms with Crippen molar-refractivity contribution < 1.29 is 39.9 Å². The molecule has 1 aromatic carbocycles. The minimum atomic E-state index is -1.85. The fraction of sp³-hybridized carbons (Fsp3) is 0.564. The molecule has 9 bridgehead atoms. The van der Waals surface area contributed by atoms with E-state index in [1.807, 2.05) is 25.1 Å². The minimum Gasteiger partial charge on any atom is -0.478 e. The molecule has 13 rings (SSSR count). The van der Waals surface area contributed by atoms with Crippen molar-refractivity contribution in [2.75, 3.05) is 6.61 Å². The van der Waals surface area contributed by atoms with Gasteiger partial charge < -0.3 is 37.0 Å². The smallest absolute Gasteiger partial charge is 0.331 e. The SMILES string of the molecule is CC(C(=O)O)=C1CCC2(N=C(N)N)C=CC3(CC4(O)C=CC5(O)C6=C7C(=O)CC3(C)C64C3CC#CCC4(C)C(=O)C(C#CC3)CC7(C)C4C5C3=Cc4ccccc4CC3)C(CCO)C2C1O. The van der Waals surface area contributed by atoms with E-state index in [0.29, 0.717) is 29.6 Å². The number of carboxylic acid groups (broad SMARTS) is 1. The number of ketones is 2. The van der Waals surface area contributed by atoms with Gasteiger partial charge in [-0.15, -0.1) is 17.8 Å². The molecular formula is C55H61N3O8. The van der Waals surface area contributed by atoms with E-state index in [1.54, 1.807) is 12.2 Å². The Kier molecular flexibility index (Phi) is 9.09. The quantitative estimate of drug-likeness (QED) is 0.0681. The van der Waals surface area contributed by atoms with Crippen LogP contribution in [0, 0.1) is 86.3 Å². The van der Waals surface area contributed by atoms with Crippen LogP contribution in [0.2, 0.25) is 0 Å². The molecule has 9 N–H and O–H groups in total. The Hall–Kier alpha value is -5.04. The van der Waals surface area contributed by atoms with Crippen LogP contribution in [-0.2, 0) is 20.8 Å². The maximum absolute atomic E-state index is 16.2. The lowest BCUT2D eigenvalue weighted by atomic mass is 9.31. The van der Waals surface area contributed by atoms with E-state index < -0.39 is 91.4 Å². The summed E-state index contributed by atoms with van der Waals surface area (Å²) in [5, 5.41) is 63.2. The van der Waals surface area contributed by atoms with Gasteiger partial charge in [-0.1, -0.05) is 80.8 Å². The first kappa shape index (κ1) is 43.5. The second-order valence-electron chi connectivity index (χ2n) is 22.5. The highest BCUT2D eigenvalue weighted by molar-refractivity contribution is 6.03. The Bertz CT molecular complexity index is 2770. The van der Waals surface area contributed by atoms with Crippen molar-refractivity contribution >= 4 is 29.6 Å². The summed E-state index contributed by atoms with van der Waals surface area (Å²) in [6, 6.07) is 8.26. The summed E-state index contributed by atoms with van der Waals surface area (Å²) < 4.78 is 0. The lowest BCUT2D eigenvalue weighted by Gasteiger charge is -2.72. The molecule has 344 valence electrons. The van der Waals surface area contributed by atoms with Crippen LogP contribution in [0.15, 0.2) is 81.4 Å². The van der Waals surface area contributed by atoms with Crippen LogP contribution in [0.4, 0.5) is 0 Å². The van der Waals surface area contributed by atoms with E-state index >= 15 is 9.59 Å². The highest BCUT2D eigenvalue weighted by Crippen LogP contribution is 2.85. The van der Waals surface area contributed by atoms with Gasteiger partial charge in [0.1, 0.15) is 5.60 Å². The third-order valence-corrected chi connectivity index (χ3v) is 19.9. The number of carbonyl (C=O) groups is 3. The Balaban J connectivity index is 1.26. The predicted octanol–water partition coefficient (Wildman–Crippen LogP) is 5.12. The zero-order valence-electron chi connectivity index (χ0n) is 38.3. The zero-order chi connectivity index (χ0) is 46.8. The van der Waals surface area contributed by atoms with E-state index in [-0.39, 0.29) is 81.1 Å². The fourth-order valence-corrected chi connectivity index (χ4v) is 17.8. The summed E-state index contributed by atoms with van der Waals surface area (Å²) in [6.45, 7) is 7.34. The van der Waals surface area contributed by atoms with Crippen LogP contribution in [0.25, 0.3) is 6.08 Å². The molecule has 0 aromatic heterocycles. The zero-order valence-corrected chi connectivity index (χ0v) is 38.3. The van der Waals surface area contributed by atoms with Crippen LogP contribution >= 0.6 is 0 Å². The molecule has 3 fully saturated rings. The Morgan fingerprint density at radius 2 is 1.71 bits per heavy atom. The number of aliphatic carboxylic acids is 1. The van der Waals surface area contributed by atoms with E-state index in [0.717, 1.165) is 17.6 Å². The number of rotatable bonds is 5. The molecule has 15 unspecified atom stereocenters. The number of hydrogen-bond donors (Lipinski definition) is 7. The standard InChI is InChI=1S/C55H61N3O8/c1-30(46(63)64)36-17-20-52(58-47(56)57)22-21-51(37(18-25-59)40(52)42(36)61)29-53(65)23-24-54(66)39(33-16-15-31-10-5-6-11-32(31)26-33)43-48(2)19-8-7-13-35-14-9-12-34(45(48)62)27-49(43,3)41-38(60)28-50(51,4)55(35,53)44(41)54/h5-6,10-11,21-24,26,34-35,37,39-40,42-43,59,61,65-66H,13-20,25,27-29H2,1-4H3,(H,63,64)(H4,56,57,58). The molecule has 11 heteroatoms. The number of aliphatic hydroxyl groups excluding tert-OH is 2. The predicted molar refractivity (Wildman–Crippen MR) is 247 cm³/mol. The van der Waals surface area contributed by atoms with E-state index in [9.17, 15) is 30.3 Å². The monoisotopic (exact) mass is 891 g/mol. The number of hydrogen-bond acceptors (Lipinski definition) is 8. The summed E-state index contributed by atoms with van der Waals surface area (Å²) in [5.74, 6) is 8.37. The number of carbonyl (C=O) groups excluding carboxylic acids is 2.